The number of hydrogen-bond donors (Lipinski definition) is 2. The van der Waals surface area contributed by atoms with Crippen molar-refractivity contribution in [2.75, 3.05) is 11.1 Å². The van der Waals surface area contributed by atoms with Crippen LogP contribution in [0.1, 0.15) is 35.8 Å². The van der Waals surface area contributed by atoms with Crippen LogP contribution in [0, 0.1) is 5.82 Å². The normalized spacial score (nSPS) is 11.9. The number of nitrogen functional groups attached to an aromatic ring is 1. The Labute approximate surface area is 117 Å². The summed E-state index contributed by atoms with van der Waals surface area (Å²) in [5, 5.41) is 3.23. The first kappa shape index (κ1) is 14.1. The van der Waals surface area contributed by atoms with E-state index >= 15 is 0 Å². The zero-order valence-electron chi connectivity index (χ0n) is 11.5. The van der Waals surface area contributed by atoms with Gasteiger partial charge in [0.15, 0.2) is 5.78 Å². The van der Waals surface area contributed by atoms with E-state index in [-0.39, 0.29) is 17.6 Å². The number of carbonyl (C=O) groups excluding carboxylic acids is 1. The van der Waals surface area contributed by atoms with Crippen LogP contribution in [0.3, 0.4) is 0 Å². The first-order valence-electron chi connectivity index (χ1n) is 6.40. The lowest BCUT2D eigenvalue weighted by atomic mass is 10.1. The van der Waals surface area contributed by atoms with Crippen molar-refractivity contribution in [2.45, 2.75) is 19.9 Å². The largest absolute Gasteiger partial charge is 0.398 e. The fourth-order valence-corrected chi connectivity index (χ4v) is 2.06. The topological polar surface area (TPSA) is 55.1 Å². The fraction of sp³-hybridized carbons (Fsp3) is 0.188. The average molecular weight is 272 g/mol. The highest BCUT2D eigenvalue weighted by molar-refractivity contribution is 6.00. The Balaban J connectivity index is 2.22. The van der Waals surface area contributed by atoms with E-state index in [2.05, 4.69) is 5.32 Å². The number of nitrogens with one attached hydrogen (secondary N) is 1. The monoisotopic (exact) mass is 272 g/mol. The van der Waals surface area contributed by atoms with Gasteiger partial charge in [0.2, 0.25) is 0 Å². The summed E-state index contributed by atoms with van der Waals surface area (Å²) in [4.78, 5) is 11.5. The van der Waals surface area contributed by atoms with Crippen molar-refractivity contribution in [1.29, 1.82) is 0 Å². The van der Waals surface area contributed by atoms with Crippen molar-refractivity contribution < 1.29 is 9.18 Å². The first-order chi connectivity index (χ1) is 9.47. The molecule has 2 aromatic carbocycles. The van der Waals surface area contributed by atoms with Gasteiger partial charge < -0.3 is 11.1 Å². The van der Waals surface area contributed by atoms with Crippen molar-refractivity contribution in [1.82, 2.24) is 0 Å². The van der Waals surface area contributed by atoms with Gasteiger partial charge in [0.05, 0.1) is 0 Å². The van der Waals surface area contributed by atoms with Gasteiger partial charge in [0.1, 0.15) is 5.82 Å². The molecule has 0 aliphatic rings. The van der Waals surface area contributed by atoms with Crippen LogP contribution in [0.25, 0.3) is 0 Å². The third-order valence-corrected chi connectivity index (χ3v) is 3.16. The minimum Gasteiger partial charge on any atom is -0.398 e. The summed E-state index contributed by atoms with van der Waals surface area (Å²) < 4.78 is 13.2. The molecule has 0 heterocycles. The molecule has 2 aromatic rings. The van der Waals surface area contributed by atoms with Gasteiger partial charge in [-0.3, -0.25) is 4.79 Å². The molecule has 104 valence electrons. The second-order valence-electron chi connectivity index (χ2n) is 4.78. The summed E-state index contributed by atoms with van der Waals surface area (Å²) in [6.07, 6.45) is 0. The van der Waals surface area contributed by atoms with E-state index in [1.165, 1.54) is 19.1 Å². The zero-order valence-corrected chi connectivity index (χ0v) is 11.5. The van der Waals surface area contributed by atoms with E-state index in [0.717, 1.165) is 11.3 Å². The molecule has 0 spiro atoms. The van der Waals surface area contributed by atoms with Gasteiger partial charge in [0, 0.05) is 23.0 Å². The minimum atomic E-state index is -0.266. The molecule has 0 aliphatic carbocycles. The number of halogens is 1. The average Bonchev–Trinajstić information content (AvgIpc) is 2.40. The Morgan fingerprint density at radius 1 is 1.25 bits per heavy atom. The molecule has 4 heteroatoms. The van der Waals surface area contributed by atoms with Gasteiger partial charge in [-0.05, 0) is 49.7 Å². The van der Waals surface area contributed by atoms with Crippen LogP contribution in [-0.4, -0.2) is 5.78 Å². The van der Waals surface area contributed by atoms with E-state index in [1.807, 2.05) is 13.0 Å². The van der Waals surface area contributed by atoms with Crippen molar-refractivity contribution >= 4 is 17.2 Å². The third-order valence-electron chi connectivity index (χ3n) is 3.16. The molecule has 0 amide bonds. The molecule has 3 N–H and O–H groups in total. The van der Waals surface area contributed by atoms with Crippen molar-refractivity contribution in [3.63, 3.8) is 0 Å². The lowest BCUT2D eigenvalue weighted by Crippen LogP contribution is -2.08. The molecule has 0 fully saturated rings. The van der Waals surface area contributed by atoms with Gasteiger partial charge in [-0.2, -0.15) is 0 Å². The number of ketones is 1. The number of hydrogen-bond acceptors (Lipinski definition) is 3. The Kier molecular flexibility index (Phi) is 4.03. The maximum Gasteiger partial charge on any atom is 0.161 e. The van der Waals surface area contributed by atoms with Crippen LogP contribution >= 0.6 is 0 Å². The summed E-state index contributed by atoms with van der Waals surface area (Å²) >= 11 is 0. The van der Waals surface area contributed by atoms with Crippen LogP contribution < -0.4 is 11.1 Å². The Bertz CT molecular complexity index is 640. The number of anilines is 2. The van der Waals surface area contributed by atoms with E-state index < -0.39 is 0 Å². The standard InChI is InChI=1S/C16H17FN2O/c1-10(12-4-3-5-13(17)8-12)19-14-6-7-16(18)15(9-14)11(2)20/h3-10,19H,18H2,1-2H3. The molecule has 1 unspecified atom stereocenters. The molecule has 3 nitrogen and oxygen atoms in total. The summed E-state index contributed by atoms with van der Waals surface area (Å²) in [7, 11) is 0. The number of Topliss-reactive ketones (excluding diaryl/α,β-unsaturated/α-hetero) is 1. The predicted molar refractivity (Wildman–Crippen MR) is 79.3 cm³/mol. The highest BCUT2D eigenvalue weighted by atomic mass is 19.1. The number of benzene rings is 2. The zero-order chi connectivity index (χ0) is 14.7. The third kappa shape index (κ3) is 3.15. The van der Waals surface area contributed by atoms with Crippen LogP contribution in [-0.2, 0) is 0 Å². The van der Waals surface area contributed by atoms with E-state index in [4.69, 9.17) is 5.73 Å². The quantitative estimate of drug-likeness (QED) is 0.657. The Hall–Kier alpha value is -2.36. The molecule has 0 aromatic heterocycles. The van der Waals surface area contributed by atoms with E-state index in [1.54, 1.807) is 24.3 Å². The maximum absolute atomic E-state index is 13.2. The van der Waals surface area contributed by atoms with Gasteiger partial charge in [-0.1, -0.05) is 12.1 Å². The minimum absolute atomic E-state index is 0.0749. The highest BCUT2D eigenvalue weighted by Gasteiger charge is 2.09. The maximum atomic E-state index is 13.2. The van der Waals surface area contributed by atoms with Crippen molar-refractivity contribution in [2.24, 2.45) is 0 Å². The molecule has 0 aliphatic heterocycles. The van der Waals surface area contributed by atoms with Gasteiger partial charge >= 0.3 is 0 Å². The Morgan fingerprint density at radius 3 is 2.65 bits per heavy atom. The molecule has 1 atom stereocenters. The fourth-order valence-electron chi connectivity index (χ4n) is 2.06. The number of carbonyl (C=O) groups is 1. The van der Waals surface area contributed by atoms with Gasteiger partial charge in [-0.25, -0.2) is 4.39 Å². The second kappa shape index (κ2) is 5.74. The van der Waals surface area contributed by atoms with Gasteiger partial charge in [-0.15, -0.1) is 0 Å². The summed E-state index contributed by atoms with van der Waals surface area (Å²) in [5.74, 6) is -0.345. The predicted octanol–water partition coefficient (Wildman–Crippen LogP) is 3.78. The molecule has 0 saturated carbocycles. The molecule has 2 rings (SSSR count). The number of rotatable bonds is 4. The van der Waals surface area contributed by atoms with Crippen molar-refractivity contribution in [3.05, 3.63) is 59.4 Å². The second-order valence-corrected chi connectivity index (χ2v) is 4.78. The van der Waals surface area contributed by atoms with Crippen molar-refractivity contribution in [3.8, 4) is 0 Å². The summed E-state index contributed by atoms with van der Waals surface area (Å²) in [6, 6.07) is 11.6. The van der Waals surface area contributed by atoms with E-state index in [0.29, 0.717) is 11.3 Å². The lowest BCUT2D eigenvalue weighted by Gasteiger charge is -2.17. The van der Waals surface area contributed by atoms with E-state index in [9.17, 15) is 9.18 Å². The first-order valence-corrected chi connectivity index (χ1v) is 6.40. The van der Waals surface area contributed by atoms with Gasteiger partial charge in [0.25, 0.3) is 0 Å². The highest BCUT2D eigenvalue weighted by Crippen LogP contribution is 2.23. The summed E-state index contributed by atoms with van der Waals surface area (Å²) in [5.41, 5.74) is 8.32. The number of nitrogens with two attached hydrogens (primary N) is 1. The summed E-state index contributed by atoms with van der Waals surface area (Å²) in [6.45, 7) is 3.41. The smallest absolute Gasteiger partial charge is 0.161 e. The van der Waals surface area contributed by atoms with Crippen LogP contribution in [0.5, 0.6) is 0 Å². The molecule has 0 radical (unpaired) electrons. The molecular formula is C16H17FN2O. The Morgan fingerprint density at radius 2 is 2.00 bits per heavy atom. The van der Waals surface area contributed by atoms with Crippen LogP contribution in [0.15, 0.2) is 42.5 Å². The van der Waals surface area contributed by atoms with Crippen LogP contribution in [0.2, 0.25) is 0 Å². The molecular weight excluding hydrogens is 255 g/mol. The lowest BCUT2D eigenvalue weighted by molar-refractivity contribution is 0.101. The molecule has 0 saturated heterocycles. The molecule has 0 bridgehead atoms. The van der Waals surface area contributed by atoms with Crippen LogP contribution in [0.4, 0.5) is 15.8 Å². The SMILES string of the molecule is CC(=O)c1cc(NC(C)c2cccc(F)c2)ccc1N. The molecule has 20 heavy (non-hydrogen) atoms.